The molecule has 2 heterocycles. The van der Waals surface area contributed by atoms with Crippen molar-refractivity contribution in [3.05, 3.63) is 52.7 Å². The summed E-state index contributed by atoms with van der Waals surface area (Å²) in [5.41, 5.74) is -0.0839. The van der Waals surface area contributed by atoms with E-state index in [2.05, 4.69) is 15.5 Å². The molecular weight excluding hydrogens is 393 g/mol. The minimum absolute atomic E-state index is 0.126. The van der Waals surface area contributed by atoms with E-state index in [1.165, 1.54) is 12.1 Å². The minimum Gasteiger partial charge on any atom is -0.354 e. The molecule has 1 aliphatic heterocycles. The van der Waals surface area contributed by atoms with Crippen LogP contribution < -0.4 is 10.2 Å². The first-order valence-corrected chi connectivity index (χ1v) is 9.33. The van der Waals surface area contributed by atoms with E-state index in [1.807, 2.05) is 4.90 Å². The zero-order chi connectivity index (χ0) is 20.3. The first-order chi connectivity index (χ1) is 13.2. The molecule has 1 saturated heterocycles. The van der Waals surface area contributed by atoms with Gasteiger partial charge in [-0.2, -0.15) is 13.2 Å². The molecule has 1 N–H and O–H groups in total. The molecule has 0 unspecified atom stereocenters. The number of amides is 1. The molecule has 150 valence electrons. The summed E-state index contributed by atoms with van der Waals surface area (Å²) in [6, 6.07) is 7.87. The molecule has 3 rings (SSSR count). The predicted octanol–water partition coefficient (Wildman–Crippen LogP) is 4.24. The molecule has 0 spiro atoms. The number of hydrogen-bond donors (Lipinski definition) is 1. The number of alkyl halides is 3. The maximum atomic E-state index is 12.7. The second kappa shape index (κ2) is 8.34. The third-order valence-corrected chi connectivity index (χ3v) is 5.03. The number of aromatic nitrogens is 2. The van der Waals surface area contributed by atoms with Crippen molar-refractivity contribution >= 4 is 23.3 Å². The summed E-state index contributed by atoms with van der Waals surface area (Å²) in [4.78, 5) is 14.7. The van der Waals surface area contributed by atoms with Crippen molar-refractivity contribution in [3.8, 4) is 0 Å². The summed E-state index contributed by atoms with van der Waals surface area (Å²) in [5.74, 6) is 0.305. The van der Waals surface area contributed by atoms with Crippen molar-refractivity contribution in [1.82, 2.24) is 15.5 Å². The SMILES string of the molecule is C[C@H](NC(=O)[C@H]1CCCN(c2ccc(Cl)nn2)C1)c1ccc(C(F)(F)F)cc1. The molecule has 1 aliphatic rings. The zero-order valence-electron chi connectivity index (χ0n) is 15.2. The molecule has 0 saturated carbocycles. The normalized spacial score (nSPS) is 18.6. The highest BCUT2D eigenvalue weighted by molar-refractivity contribution is 6.29. The van der Waals surface area contributed by atoms with Gasteiger partial charge in [-0.15, -0.1) is 10.2 Å². The highest BCUT2D eigenvalue weighted by Gasteiger charge is 2.31. The van der Waals surface area contributed by atoms with Crippen LogP contribution in [0.2, 0.25) is 5.15 Å². The topological polar surface area (TPSA) is 58.1 Å². The lowest BCUT2D eigenvalue weighted by atomic mass is 9.96. The Morgan fingerprint density at radius 1 is 1.21 bits per heavy atom. The molecule has 0 aliphatic carbocycles. The highest BCUT2D eigenvalue weighted by Crippen LogP contribution is 2.30. The number of rotatable bonds is 4. The smallest absolute Gasteiger partial charge is 0.354 e. The molecule has 0 radical (unpaired) electrons. The molecule has 2 atom stereocenters. The Balaban J connectivity index is 1.61. The first-order valence-electron chi connectivity index (χ1n) is 8.96. The number of carbonyl (C=O) groups is 1. The van der Waals surface area contributed by atoms with Crippen LogP contribution in [0.25, 0.3) is 0 Å². The standard InChI is InChI=1S/C19H20ClF3N4O/c1-12(13-4-6-15(7-5-13)19(21,22)23)24-18(28)14-3-2-10-27(11-14)17-9-8-16(20)25-26-17/h4-9,12,14H,2-3,10-11H2,1H3,(H,24,28)/t12-,14-/m0/s1. The number of piperidine rings is 1. The molecule has 9 heteroatoms. The molecule has 0 bridgehead atoms. The molecule has 28 heavy (non-hydrogen) atoms. The maximum Gasteiger partial charge on any atom is 0.416 e. The second-order valence-corrected chi connectivity index (χ2v) is 7.24. The fourth-order valence-electron chi connectivity index (χ4n) is 3.25. The average molecular weight is 413 g/mol. The van der Waals surface area contributed by atoms with Gasteiger partial charge in [0.15, 0.2) is 11.0 Å². The fraction of sp³-hybridized carbons (Fsp3) is 0.421. The van der Waals surface area contributed by atoms with E-state index in [9.17, 15) is 18.0 Å². The third kappa shape index (κ3) is 4.92. The van der Waals surface area contributed by atoms with E-state index < -0.39 is 11.7 Å². The molecule has 1 aromatic carbocycles. The Labute approximate surface area is 165 Å². The number of nitrogens with zero attached hydrogens (tertiary/aromatic N) is 3. The number of nitrogens with one attached hydrogen (secondary N) is 1. The van der Waals surface area contributed by atoms with Crippen molar-refractivity contribution in [2.45, 2.75) is 32.0 Å². The Kier molecular flexibility index (Phi) is 6.07. The fourth-order valence-corrected chi connectivity index (χ4v) is 3.35. The summed E-state index contributed by atoms with van der Waals surface area (Å²) in [6.45, 7) is 3.03. The van der Waals surface area contributed by atoms with E-state index in [-0.39, 0.29) is 17.9 Å². The molecule has 5 nitrogen and oxygen atoms in total. The lowest BCUT2D eigenvalue weighted by Gasteiger charge is -2.33. The number of anilines is 1. The Morgan fingerprint density at radius 2 is 1.93 bits per heavy atom. The Morgan fingerprint density at radius 3 is 2.54 bits per heavy atom. The molecule has 1 aromatic heterocycles. The van der Waals surface area contributed by atoms with Crippen LogP contribution in [0.1, 0.15) is 36.9 Å². The number of halogens is 4. The van der Waals surface area contributed by atoms with Gasteiger partial charge in [-0.05, 0) is 49.6 Å². The molecular formula is C19H20ClF3N4O. The third-order valence-electron chi connectivity index (χ3n) is 4.83. The van der Waals surface area contributed by atoms with Gasteiger partial charge in [-0.1, -0.05) is 23.7 Å². The van der Waals surface area contributed by atoms with Crippen LogP contribution in [0.3, 0.4) is 0 Å². The average Bonchev–Trinajstić information content (AvgIpc) is 2.68. The molecule has 1 fully saturated rings. The zero-order valence-corrected chi connectivity index (χ0v) is 16.0. The van der Waals surface area contributed by atoms with Crippen molar-refractivity contribution in [3.63, 3.8) is 0 Å². The van der Waals surface area contributed by atoms with Crippen LogP contribution in [-0.4, -0.2) is 29.2 Å². The van der Waals surface area contributed by atoms with E-state index in [0.717, 1.165) is 31.5 Å². The number of carbonyl (C=O) groups excluding carboxylic acids is 1. The van der Waals surface area contributed by atoms with E-state index >= 15 is 0 Å². The summed E-state index contributed by atoms with van der Waals surface area (Å²) in [7, 11) is 0. The van der Waals surface area contributed by atoms with Gasteiger partial charge in [0.05, 0.1) is 17.5 Å². The van der Waals surface area contributed by atoms with Gasteiger partial charge in [0.25, 0.3) is 0 Å². The lowest BCUT2D eigenvalue weighted by Crippen LogP contribution is -2.44. The first kappa shape index (κ1) is 20.4. The molecule has 1 amide bonds. The van der Waals surface area contributed by atoms with Gasteiger partial charge in [0.2, 0.25) is 5.91 Å². The maximum absolute atomic E-state index is 12.7. The van der Waals surface area contributed by atoms with Gasteiger partial charge < -0.3 is 10.2 Å². The highest BCUT2D eigenvalue weighted by atomic mass is 35.5. The van der Waals surface area contributed by atoms with Gasteiger partial charge in [0.1, 0.15) is 0 Å². The second-order valence-electron chi connectivity index (χ2n) is 6.85. The van der Waals surface area contributed by atoms with E-state index in [0.29, 0.717) is 23.1 Å². The van der Waals surface area contributed by atoms with Gasteiger partial charge >= 0.3 is 6.18 Å². The van der Waals surface area contributed by atoms with E-state index in [4.69, 9.17) is 11.6 Å². The number of hydrogen-bond acceptors (Lipinski definition) is 4. The van der Waals surface area contributed by atoms with Gasteiger partial charge in [-0.3, -0.25) is 4.79 Å². The summed E-state index contributed by atoms with van der Waals surface area (Å²) in [6.07, 6.45) is -2.80. The van der Waals surface area contributed by atoms with E-state index in [1.54, 1.807) is 19.1 Å². The van der Waals surface area contributed by atoms with Crippen LogP contribution in [0.4, 0.5) is 19.0 Å². The van der Waals surface area contributed by atoms with Gasteiger partial charge in [-0.25, -0.2) is 0 Å². The Hall–Kier alpha value is -2.35. The van der Waals surface area contributed by atoms with Crippen LogP contribution in [0.5, 0.6) is 0 Å². The largest absolute Gasteiger partial charge is 0.416 e. The summed E-state index contributed by atoms with van der Waals surface area (Å²) in [5, 5.41) is 11.1. The van der Waals surface area contributed by atoms with Crippen LogP contribution >= 0.6 is 11.6 Å². The minimum atomic E-state index is -4.37. The lowest BCUT2D eigenvalue weighted by molar-refractivity contribution is -0.137. The van der Waals surface area contributed by atoms with Crippen LogP contribution in [0.15, 0.2) is 36.4 Å². The summed E-state index contributed by atoms with van der Waals surface area (Å²) < 4.78 is 38.0. The van der Waals surface area contributed by atoms with Crippen molar-refractivity contribution in [1.29, 1.82) is 0 Å². The summed E-state index contributed by atoms with van der Waals surface area (Å²) >= 11 is 5.76. The number of benzene rings is 1. The van der Waals surface area contributed by atoms with Crippen molar-refractivity contribution in [2.24, 2.45) is 5.92 Å². The van der Waals surface area contributed by atoms with Gasteiger partial charge in [0, 0.05) is 13.1 Å². The van der Waals surface area contributed by atoms with Crippen LogP contribution in [0, 0.1) is 5.92 Å². The van der Waals surface area contributed by atoms with Crippen molar-refractivity contribution in [2.75, 3.05) is 18.0 Å². The van der Waals surface area contributed by atoms with Crippen molar-refractivity contribution < 1.29 is 18.0 Å². The predicted molar refractivity (Wildman–Crippen MR) is 100.0 cm³/mol. The Bertz CT molecular complexity index is 811. The quantitative estimate of drug-likeness (QED) is 0.816. The monoisotopic (exact) mass is 412 g/mol. The molecule has 2 aromatic rings. The van der Waals surface area contributed by atoms with Crippen LogP contribution in [-0.2, 0) is 11.0 Å².